The Labute approximate surface area is 224 Å². The first kappa shape index (κ1) is 27.0. The normalized spacial score (nSPS) is 18.1. The number of carbonyl (C=O) groups is 1. The van der Waals surface area contributed by atoms with E-state index in [1.165, 1.54) is 6.08 Å². The molecule has 2 aliphatic rings. The summed E-state index contributed by atoms with van der Waals surface area (Å²) < 4.78 is 58.1. The largest absolute Gasteiger partial charge is 0.492 e. The standard InChI is InChI=1S/C28H29BF3N3O4/c1-26(2)27(3,4)39-29(38-26)18(13-17-14-34-35-24(17)28(30,31)32)15-33-25(36)37-16-23-21-11-7-5-9-19(21)20-10-6-8-12-22(20)23/h5-14,23H,15-16H2,1-4H3,(H,33,36)(H,34,35). The summed E-state index contributed by atoms with van der Waals surface area (Å²) in [6.45, 7) is 7.29. The quantitative estimate of drug-likeness (QED) is 0.377. The molecule has 0 unspecified atom stereocenters. The van der Waals surface area contributed by atoms with Crippen LogP contribution in [-0.2, 0) is 20.2 Å². The van der Waals surface area contributed by atoms with Gasteiger partial charge in [0, 0.05) is 18.0 Å². The lowest BCUT2D eigenvalue weighted by Crippen LogP contribution is -2.41. The average molecular weight is 539 g/mol. The topological polar surface area (TPSA) is 85.5 Å². The van der Waals surface area contributed by atoms with Crippen LogP contribution >= 0.6 is 0 Å². The summed E-state index contributed by atoms with van der Waals surface area (Å²) in [4.78, 5) is 12.8. The first-order valence-electron chi connectivity index (χ1n) is 12.6. The average Bonchev–Trinajstić information content (AvgIpc) is 3.53. The first-order valence-corrected chi connectivity index (χ1v) is 12.6. The SMILES string of the molecule is CC1(C)OB(C(=Cc2cn[nH]c2C(F)(F)F)CNC(=O)OCC2c3ccccc3-c3ccccc32)OC1(C)C. The lowest BCUT2D eigenvalue weighted by Gasteiger charge is -2.32. The highest BCUT2D eigenvalue weighted by Gasteiger charge is 2.52. The van der Waals surface area contributed by atoms with Gasteiger partial charge >= 0.3 is 19.4 Å². The molecule has 1 saturated heterocycles. The third kappa shape index (κ3) is 5.20. The summed E-state index contributed by atoms with van der Waals surface area (Å²) in [6.07, 6.45) is -2.99. The molecule has 1 fully saturated rings. The fourth-order valence-electron chi connectivity index (χ4n) is 4.85. The molecule has 7 nitrogen and oxygen atoms in total. The molecular weight excluding hydrogens is 510 g/mol. The van der Waals surface area contributed by atoms with E-state index in [2.05, 4.69) is 10.4 Å². The Balaban J connectivity index is 1.32. The number of ether oxygens (including phenoxy) is 1. The van der Waals surface area contributed by atoms with Gasteiger partial charge in [-0.1, -0.05) is 54.6 Å². The van der Waals surface area contributed by atoms with Crippen LogP contribution in [-0.4, -0.2) is 47.8 Å². The molecule has 0 saturated carbocycles. The van der Waals surface area contributed by atoms with Crippen LogP contribution in [0.25, 0.3) is 17.2 Å². The van der Waals surface area contributed by atoms with Crippen molar-refractivity contribution in [3.05, 3.63) is 82.6 Å². The van der Waals surface area contributed by atoms with Gasteiger partial charge in [-0.3, -0.25) is 5.10 Å². The maximum absolute atomic E-state index is 13.5. The van der Waals surface area contributed by atoms with E-state index in [0.29, 0.717) is 0 Å². The van der Waals surface area contributed by atoms with E-state index in [-0.39, 0.29) is 30.1 Å². The van der Waals surface area contributed by atoms with E-state index >= 15 is 0 Å². The number of benzene rings is 2. The molecule has 0 spiro atoms. The summed E-state index contributed by atoms with van der Waals surface area (Å²) in [5.74, 6) is -0.124. The van der Waals surface area contributed by atoms with Crippen LogP contribution in [0.3, 0.4) is 0 Å². The number of amides is 1. The summed E-state index contributed by atoms with van der Waals surface area (Å²) in [6, 6.07) is 16.0. The molecule has 5 rings (SSSR count). The highest BCUT2D eigenvalue weighted by molar-refractivity contribution is 6.56. The van der Waals surface area contributed by atoms with Crippen molar-refractivity contribution in [3.8, 4) is 11.1 Å². The minimum atomic E-state index is -4.64. The Hall–Kier alpha value is -3.57. The molecule has 2 aromatic carbocycles. The van der Waals surface area contributed by atoms with Crippen molar-refractivity contribution in [2.45, 2.75) is 51.0 Å². The Kier molecular flexibility index (Phi) is 6.84. The molecule has 3 aromatic rings. The molecule has 0 bridgehead atoms. The Morgan fingerprint density at radius 3 is 2.18 bits per heavy atom. The maximum Gasteiger partial charge on any atom is 0.492 e. The zero-order chi connectivity index (χ0) is 28.0. The second-order valence-electron chi connectivity index (χ2n) is 10.7. The lowest BCUT2D eigenvalue weighted by molar-refractivity contribution is -0.141. The molecule has 1 aliphatic carbocycles. The third-order valence-corrected chi connectivity index (χ3v) is 7.63. The molecule has 11 heteroatoms. The van der Waals surface area contributed by atoms with Crippen molar-refractivity contribution < 1.29 is 32.0 Å². The molecule has 0 atom stereocenters. The summed E-state index contributed by atoms with van der Waals surface area (Å²) in [5, 5.41) is 8.20. The van der Waals surface area contributed by atoms with Crippen molar-refractivity contribution in [2.75, 3.05) is 13.2 Å². The van der Waals surface area contributed by atoms with E-state index in [4.69, 9.17) is 14.0 Å². The van der Waals surface area contributed by atoms with Crippen molar-refractivity contribution in [1.82, 2.24) is 15.5 Å². The van der Waals surface area contributed by atoms with E-state index in [1.807, 2.05) is 81.3 Å². The van der Waals surface area contributed by atoms with Crippen LogP contribution < -0.4 is 5.32 Å². The first-order chi connectivity index (χ1) is 18.4. The zero-order valence-corrected chi connectivity index (χ0v) is 22.1. The summed E-state index contributed by atoms with van der Waals surface area (Å²) in [7, 11) is -0.986. The van der Waals surface area contributed by atoms with Crippen LogP contribution in [0.5, 0.6) is 0 Å². The zero-order valence-electron chi connectivity index (χ0n) is 22.1. The van der Waals surface area contributed by atoms with Crippen LogP contribution in [0.4, 0.5) is 18.0 Å². The number of nitrogens with one attached hydrogen (secondary N) is 2. The van der Waals surface area contributed by atoms with Crippen molar-refractivity contribution in [1.29, 1.82) is 0 Å². The van der Waals surface area contributed by atoms with Crippen molar-refractivity contribution in [2.24, 2.45) is 0 Å². The predicted octanol–water partition coefficient (Wildman–Crippen LogP) is 5.98. The number of H-pyrrole nitrogens is 1. The van der Waals surface area contributed by atoms with Gasteiger partial charge in [-0.2, -0.15) is 18.3 Å². The van der Waals surface area contributed by atoms with Gasteiger partial charge in [-0.25, -0.2) is 4.79 Å². The number of rotatable bonds is 6. The molecule has 2 N–H and O–H groups in total. The molecule has 1 amide bonds. The van der Waals surface area contributed by atoms with Gasteiger partial charge in [0.05, 0.1) is 17.4 Å². The Morgan fingerprint density at radius 2 is 1.62 bits per heavy atom. The van der Waals surface area contributed by atoms with Crippen molar-refractivity contribution >= 4 is 19.3 Å². The van der Waals surface area contributed by atoms with E-state index in [9.17, 15) is 18.0 Å². The molecule has 2 heterocycles. The number of carbonyl (C=O) groups excluding carboxylic acids is 1. The molecular formula is C28H29BF3N3O4. The predicted molar refractivity (Wildman–Crippen MR) is 141 cm³/mol. The molecule has 1 aromatic heterocycles. The number of aromatic nitrogens is 2. The maximum atomic E-state index is 13.5. The molecule has 0 radical (unpaired) electrons. The van der Waals surface area contributed by atoms with Gasteiger partial charge in [0.25, 0.3) is 0 Å². The smallest absolute Gasteiger partial charge is 0.449 e. The fraction of sp³-hybridized carbons (Fsp3) is 0.357. The number of nitrogens with zero attached hydrogens (tertiary/aromatic N) is 1. The number of hydrogen-bond donors (Lipinski definition) is 2. The lowest BCUT2D eigenvalue weighted by atomic mass is 9.77. The van der Waals surface area contributed by atoms with Gasteiger partial charge in [0.15, 0.2) is 0 Å². The summed E-state index contributed by atoms with van der Waals surface area (Å²) in [5.41, 5.74) is 1.98. The van der Waals surface area contributed by atoms with Crippen LogP contribution in [0.2, 0.25) is 0 Å². The summed E-state index contributed by atoms with van der Waals surface area (Å²) >= 11 is 0. The Bertz CT molecular complexity index is 1360. The van der Waals surface area contributed by atoms with Gasteiger partial charge in [-0.15, -0.1) is 0 Å². The number of fused-ring (bicyclic) bond motifs is 3. The van der Waals surface area contributed by atoms with Gasteiger partial charge < -0.3 is 19.4 Å². The third-order valence-electron chi connectivity index (χ3n) is 7.63. The second-order valence-corrected chi connectivity index (χ2v) is 10.7. The minimum absolute atomic E-state index is 0.106. The van der Waals surface area contributed by atoms with Gasteiger partial charge in [0.2, 0.25) is 0 Å². The van der Waals surface area contributed by atoms with Gasteiger partial charge in [-0.05, 0) is 55.4 Å². The number of alkyl carbamates (subject to hydrolysis) is 1. The van der Waals surface area contributed by atoms with Gasteiger partial charge in [0.1, 0.15) is 12.3 Å². The highest BCUT2D eigenvalue weighted by Crippen LogP contribution is 2.44. The molecule has 204 valence electrons. The van der Waals surface area contributed by atoms with E-state index in [1.54, 1.807) is 0 Å². The van der Waals surface area contributed by atoms with Crippen LogP contribution in [0, 0.1) is 0 Å². The number of aromatic amines is 1. The van der Waals surface area contributed by atoms with Crippen molar-refractivity contribution in [3.63, 3.8) is 0 Å². The van der Waals surface area contributed by atoms with Crippen LogP contribution in [0.15, 0.2) is 60.2 Å². The number of alkyl halides is 3. The van der Waals surface area contributed by atoms with Crippen LogP contribution in [0.1, 0.15) is 56.0 Å². The second kappa shape index (κ2) is 9.88. The molecule has 1 aliphatic heterocycles. The van der Waals surface area contributed by atoms with E-state index < -0.39 is 36.3 Å². The number of halogens is 3. The Morgan fingerprint density at radius 1 is 1.05 bits per heavy atom. The molecule has 39 heavy (non-hydrogen) atoms. The monoisotopic (exact) mass is 539 g/mol. The van der Waals surface area contributed by atoms with E-state index in [0.717, 1.165) is 28.5 Å². The highest BCUT2D eigenvalue weighted by atomic mass is 19.4. The minimum Gasteiger partial charge on any atom is -0.449 e. The fourth-order valence-corrected chi connectivity index (χ4v) is 4.85. The number of hydrogen-bond acceptors (Lipinski definition) is 5.